The summed E-state index contributed by atoms with van der Waals surface area (Å²) in [7, 11) is 0. The Kier molecular flexibility index (Phi) is 6.08. The van der Waals surface area contributed by atoms with Gasteiger partial charge < -0.3 is 15.3 Å². The van der Waals surface area contributed by atoms with Crippen LogP contribution in [0.1, 0.15) is 25.8 Å². The molecule has 5 nitrogen and oxygen atoms in total. The molecule has 0 fully saturated rings. The highest BCUT2D eigenvalue weighted by Gasteiger charge is 2.21. The normalized spacial score (nSPS) is 11.8. The molecule has 1 rings (SSSR count). The first-order valence-electron chi connectivity index (χ1n) is 6.55. The van der Waals surface area contributed by atoms with Gasteiger partial charge in [0.2, 0.25) is 0 Å². The fourth-order valence-corrected chi connectivity index (χ4v) is 1.73. The zero-order valence-electron chi connectivity index (χ0n) is 11.9. The van der Waals surface area contributed by atoms with Crippen molar-refractivity contribution in [2.24, 2.45) is 0 Å². The van der Waals surface area contributed by atoms with E-state index in [1.165, 1.54) is 6.07 Å². The van der Waals surface area contributed by atoms with Gasteiger partial charge in [-0.2, -0.15) is 0 Å². The van der Waals surface area contributed by atoms with E-state index < -0.39 is 30.2 Å². The van der Waals surface area contributed by atoms with Crippen LogP contribution in [-0.2, 0) is 11.3 Å². The van der Waals surface area contributed by atoms with Gasteiger partial charge in [0, 0.05) is 24.2 Å². The standard InChI is InChI=1S/C14H18F2N2O3/c1-3-9(2)18(8-13(19)20)14(21)17-7-10-4-5-11(15)6-12(10)16/h4-6,9H,3,7-8H2,1-2H3,(H,17,21)(H,19,20). The van der Waals surface area contributed by atoms with Gasteiger partial charge in [0.05, 0.1) is 0 Å². The lowest BCUT2D eigenvalue weighted by Crippen LogP contribution is -2.47. The third kappa shape index (κ3) is 5.02. The number of carboxylic acids is 1. The maximum atomic E-state index is 13.4. The monoisotopic (exact) mass is 300 g/mol. The fourth-order valence-electron chi connectivity index (χ4n) is 1.73. The molecule has 0 aliphatic carbocycles. The van der Waals surface area contributed by atoms with E-state index in [-0.39, 0.29) is 18.2 Å². The summed E-state index contributed by atoms with van der Waals surface area (Å²) in [6, 6.07) is 2.18. The summed E-state index contributed by atoms with van der Waals surface area (Å²) in [5.74, 6) is -2.59. The first-order chi connectivity index (χ1) is 9.85. The van der Waals surface area contributed by atoms with Crippen molar-refractivity contribution in [3.63, 3.8) is 0 Å². The molecule has 2 amide bonds. The molecule has 0 saturated heterocycles. The van der Waals surface area contributed by atoms with Gasteiger partial charge in [-0.3, -0.25) is 4.79 Å². The van der Waals surface area contributed by atoms with Gasteiger partial charge in [0.15, 0.2) is 0 Å². The summed E-state index contributed by atoms with van der Waals surface area (Å²) >= 11 is 0. The maximum absolute atomic E-state index is 13.4. The number of carbonyl (C=O) groups excluding carboxylic acids is 1. The molecule has 116 valence electrons. The Morgan fingerprint density at radius 3 is 2.57 bits per heavy atom. The molecule has 0 spiro atoms. The van der Waals surface area contributed by atoms with Crippen molar-refractivity contribution in [1.29, 1.82) is 0 Å². The van der Waals surface area contributed by atoms with Crippen LogP contribution >= 0.6 is 0 Å². The molecule has 0 heterocycles. The van der Waals surface area contributed by atoms with Crippen LogP contribution in [0.4, 0.5) is 13.6 Å². The summed E-state index contributed by atoms with van der Waals surface area (Å²) < 4.78 is 26.2. The molecule has 1 unspecified atom stereocenters. The van der Waals surface area contributed by atoms with Crippen LogP contribution in [0.5, 0.6) is 0 Å². The predicted molar refractivity (Wildman–Crippen MR) is 72.7 cm³/mol. The number of hydrogen-bond donors (Lipinski definition) is 2. The van der Waals surface area contributed by atoms with Crippen LogP contribution in [0.2, 0.25) is 0 Å². The maximum Gasteiger partial charge on any atom is 0.323 e. The largest absolute Gasteiger partial charge is 0.480 e. The highest BCUT2D eigenvalue weighted by molar-refractivity contribution is 5.80. The van der Waals surface area contributed by atoms with Crippen molar-refractivity contribution >= 4 is 12.0 Å². The van der Waals surface area contributed by atoms with Crippen molar-refractivity contribution in [3.8, 4) is 0 Å². The number of hydrogen-bond acceptors (Lipinski definition) is 2. The molecular weight excluding hydrogens is 282 g/mol. The van der Waals surface area contributed by atoms with Crippen molar-refractivity contribution in [2.45, 2.75) is 32.9 Å². The van der Waals surface area contributed by atoms with Crippen molar-refractivity contribution < 1.29 is 23.5 Å². The predicted octanol–water partition coefficient (Wildman–Crippen LogP) is 2.36. The van der Waals surface area contributed by atoms with Crippen LogP contribution in [0, 0.1) is 11.6 Å². The smallest absolute Gasteiger partial charge is 0.323 e. The van der Waals surface area contributed by atoms with Gasteiger partial charge in [0.1, 0.15) is 18.2 Å². The number of benzene rings is 1. The zero-order chi connectivity index (χ0) is 16.0. The molecule has 2 N–H and O–H groups in total. The van der Waals surface area contributed by atoms with Gasteiger partial charge in [-0.05, 0) is 19.4 Å². The quantitative estimate of drug-likeness (QED) is 0.847. The van der Waals surface area contributed by atoms with Gasteiger partial charge >= 0.3 is 12.0 Å². The van der Waals surface area contributed by atoms with E-state index in [1.54, 1.807) is 6.92 Å². The van der Waals surface area contributed by atoms with Crippen LogP contribution in [0.25, 0.3) is 0 Å². The number of carboxylic acid groups (broad SMARTS) is 1. The Bertz CT molecular complexity index is 523. The van der Waals surface area contributed by atoms with Crippen molar-refractivity contribution in [1.82, 2.24) is 10.2 Å². The molecule has 0 aromatic heterocycles. The van der Waals surface area contributed by atoms with E-state index in [0.717, 1.165) is 17.0 Å². The fraction of sp³-hybridized carbons (Fsp3) is 0.429. The highest BCUT2D eigenvalue weighted by Crippen LogP contribution is 2.10. The molecule has 0 radical (unpaired) electrons. The molecule has 1 aromatic rings. The summed E-state index contributed by atoms with van der Waals surface area (Å²) in [5.41, 5.74) is 0.129. The third-order valence-corrected chi connectivity index (χ3v) is 3.13. The van der Waals surface area contributed by atoms with E-state index in [2.05, 4.69) is 5.32 Å². The second-order valence-corrected chi connectivity index (χ2v) is 4.67. The minimum absolute atomic E-state index is 0.129. The van der Waals surface area contributed by atoms with Crippen molar-refractivity contribution in [2.75, 3.05) is 6.54 Å². The number of rotatable bonds is 6. The van der Waals surface area contributed by atoms with Crippen LogP contribution in [-0.4, -0.2) is 34.6 Å². The number of halogens is 2. The van der Waals surface area contributed by atoms with E-state index in [4.69, 9.17) is 5.11 Å². The Labute approximate surface area is 121 Å². The average molecular weight is 300 g/mol. The average Bonchev–Trinajstić information content (AvgIpc) is 2.42. The second-order valence-electron chi connectivity index (χ2n) is 4.67. The first-order valence-corrected chi connectivity index (χ1v) is 6.55. The zero-order valence-corrected chi connectivity index (χ0v) is 11.9. The van der Waals surface area contributed by atoms with Crippen molar-refractivity contribution in [3.05, 3.63) is 35.4 Å². The first kappa shape index (κ1) is 16.9. The number of nitrogens with zero attached hydrogens (tertiary/aromatic N) is 1. The molecule has 21 heavy (non-hydrogen) atoms. The lowest BCUT2D eigenvalue weighted by atomic mass is 10.2. The lowest BCUT2D eigenvalue weighted by molar-refractivity contribution is -0.138. The molecule has 0 aliphatic heterocycles. The number of urea groups is 1. The van der Waals surface area contributed by atoms with E-state index in [9.17, 15) is 18.4 Å². The number of amides is 2. The minimum atomic E-state index is -1.13. The lowest BCUT2D eigenvalue weighted by Gasteiger charge is -2.27. The molecular formula is C14H18F2N2O3. The van der Waals surface area contributed by atoms with Gasteiger partial charge in [-0.1, -0.05) is 13.0 Å². The highest BCUT2D eigenvalue weighted by atomic mass is 19.1. The number of aliphatic carboxylic acids is 1. The Morgan fingerprint density at radius 1 is 1.38 bits per heavy atom. The van der Waals surface area contributed by atoms with Gasteiger partial charge in [0.25, 0.3) is 0 Å². The molecule has 0 bridgehead atoms. The van der Waals surface area contributed by atoms with E-state index in [1.807, 2.05) is 6.92 Å². The van der Waals surface area contributed by atoms with Gasteiger partial charge in [-0.15, -0.1) is 0 Å². The Balaban J connectivity index is 2.70. The van der Waals surface area contributed by atoms with Crippen LogP contribution in [0.15, 0.2) is 18.2 Å². The SMILES string of the molecule is CCC(C)N(CC(=O)O)C(=O)NCc1ccc(F)cc1F. The summed E-state index contributed by atoms with van der Waals surface area (Å²) in [5, 5.41) is 11.3. The number of nitrogens with one attached hydrogen (secondary N) is 1. The molecule has 0 saturated carbocycles. The molecule has 7 heteroatoms. The topological polar surface area (TPSA) is 69.6 Å². The summed E-state index contributed by atoms with van der Waals surface area (Å²) in [4.78, 5) is 23.9. The molecule has 1 aromatic carbocycles. The van der Waals surface area contributed by atoms with Crippen LogP contribution < -0.4 is 5.32 Å². The number of carbonyl (C=O) groups is 2. The minimum Gasteiger partial charge on any atom is -0.480 e. The summed E-state index contributed by atoms with van der Waals surface area (Å²) in [6.07, 6.45) is 0.589. The third-order valence-electron chi connectivity index (χ3n) is 3.13. The molecule has 1 atom stereocenters. The Hall–Kier alpha value is -2.18. The second kappa shape index (κ2) is 7.56. The van der Waals surface area contributed by atoms with E-state index in [0.29, 0.717) is 6.42 Å². The Morgan fingerprint density at radius 2 is 2.05 bits per heavy atom. The summed E-state index contributed by atoms with van der Waals surface area (Å²) in [6.45, 7) is 2.97. The van der Waals surface area contributed by atoms with Crippen LogP contribution in [0.3, 0.4) is 0 Å². The molecule has 0 aliphatic rings. The van der Waals surface area contributed by atoms with Gasteiger partial charge in [-0.25, -0.2) is 13.6 Å². The van der Waals surface area contributed by atoms with E-state index >= 15 is 0 Å².